The Balaban J connectivity index is 1.46. The fourth-order valence-electron chi connectivity index (χ4n) is 4.65. The van der Waals surface area contributed by atoms with Crippen LogP contribution in [-0.2, 0) is 4.79 Å². The van der Waals surface area contributed by atoms with E-state index in [4.69, 9.17) is 0 Å². The predicted octanol–water partition coefficient (Wildman–Crippen LogP) is 2.62. The van der Waals surface area contributed by atoms with Crippen LogP contribution >= 0.6 is 0 Å². The molecular weight excluding hydrogens is 288 g/mol. The molecule has 0 bridgehead atoms. The zero-order chi connectivity index (χ0) is 15.8. The summed E-state index contributed by atoms with van der Waals surface area (Å²) in [6.07, 6.45) is 8.71. The lowest BCUT2D eigenvalue weighted by Crippen LogP contribution is -2.57. The monoisotopic (exact) mass is 314 g/mol. The minimum absolute atomic E-state index is 0.186. The number of fused-ring (bicyclic) bond motifs is 1. The highest BCUT2D eigenvalue weighted by Gasteiger charge is 2.62. The largest absolute Gasteiger partial charge is 0.311 e. The Kier molecular flexibility index (Phi) is 2.73. The first-order valence-corrected chi connectivity index (χ1v) is 9.23. The molecule has 3 aliphatic carbocycles. The van der Waals surface area contributed by atoms with Gasteiger partial charge in [-0.15, -0.1) is 0 Å². The standard InChI is InChI=1S/C18H26N4O/c1-11-12(2)22-15(16(23)21(11)10-13-4-3-5-13)19-20-17(22)18(8-9-18)14-6-7-14/h13-15,19H,3-10H2,1-2H3. The number of carbonyl (C=O) groups is 1. The molecule has 5 rings (SSSR count). The van der Waals surface area contributed by atoms with Crippen LogP contribution in [0.2, 0.25) is 0 Å². The van der Waals surface area contributed by atoms with Gasteiger partial charge in [-0.1, -0.05) is 6.42 Å². The van der Waals surface area contributed by atoms with Gasteiger partial charge in [0.1, 0.15) is 5.84 Å². The van der Waals surface area contributed by atoms with Gasteiger partial charge in [-0.2, -0.15) is 5.10 Å². The normalized spacial score (nSPS) is 32.5. The number of hydrogen-bond donors (Lipinski definition) is 1. The van der Waals surface area contributed by atoms with Crippen LogP contribution in [0, 0.1) is 17.3 Å². The van der Waals surface area contributed by atoms with Gasteiger partial charge >= 0.3 is 0 Å². The van der Waals surface area contributed by atoms with Crippen molar-refractivity contribution >= 4 is 11.7 Å². The highest BCUT2D eigenvalue weighted by Crippen LogP contribution is 2.63. The van der Waals surface area contributed by atoms with E-state index in [-0.39, 0.29) is 17.5 Å². The Bertz CT molecular complexity index is 625. The molecule has 0 aromatic carbocycles. The maximum atomic E-state index is 13.0. The quantitative estimate of drug-likeness (QED) is 0.868. The van der Waals surface area contributed by atoms with Gasteiger partial charge in [-0.25, -0.2) is 0 Å². The molecule has 1 atom stereocenters. The zero-order valence-corrected chi connectivity index (χ0v) is 14.1. The number of nitrogens with zero attached hydrogens (tertiary/aromatic N) is 3. The molecule has 0 aromatic heterocycles. The van der Waals surface area contributed by atoms with Gasteiger partial charge in [-0.3, -0.25) is 15.1 Å². The van der Waals surface area contributed by atoms with Crippen LogP contribution in [0.3, 0.4) is 0 Å². The van der Waals surface area contributed by atoms with E-state index in [0.29, 0.717) is 5.92 Å². The van der Waals surface area contributed by atoms with Crippen molar-refractivity contribution < 1.29 is 4.79 Å². The number of nitrogens with one attached hydrogen (secondary N) is 1. The summed E-state index contributed by atoms with van der Waals surface area (Å²) in [5.41, 5.74) is 5.78. The van der Waals surface area contributed by atoms with E-state index in [0.717, 1.165) is 24.0 Å². The Labute approximate surface area is 137 Å². The Hall–Kier alpha value is -1.52. The van der Waals surface area contributed by atoms with Crippen LogP contribution in [0.1, 0.15) is 58.8 Å². The molecule has 0 aromatic rings. The summed E-state index contributed by atoms with van der Waals surface area (Å²) in [7, 11) is 0. The molecule has 3 saturated carbocycles. The molecule has 5 aliphatic rings. The molecule has 3 fully saturated rings. The molecule has 5 heteroatoms. The number of amides is 1. The van der Waals surface area contributed by atoms with E-state index < -0.39 is 0 Å². The summed E-state index contributed by atoms with van der Waals surface area (Å²) < 4.78 is 0. The van der Waals surface area contributed by atoms with Gasteiger partial charge in [0.15, 0.2) is 0 Å². The SMILES string of the molecule is CC1=C(C)N2C(C3(C4CC4)CC3)=NNC2C(=O)N1CC1CCC1. The summed E-state index contributed by atoms with van der Waals surface area (Å²) in [6, 6.07) is 0. The molecule has 1 amide bonds. The van der Waals surface area contributed by atoms with Gasteiger partial charge in [0.05, 0.1) is 0 Å². The summed E-state index contributed by atoms with van der Waals surface area (Å²) in [4.78, 5) is 17.3. The topological polar surface area (TPSA) is 47.9 Å². The Morgan fingerprint density at radius 3 is 2.48 bits per heavy atom. The molecule has 2 heterocycles. The molecule has 5 nitrogen and oxygen atoms in total. The Morgan fingerprint density at radius 1 is 1.17 bits per heavy atom. The van der Waals surface area contributed by atoms with E-state index in [2.05, 4.69) is 29.3 Å². The third-order valence-electron chi connectivity index (χ3n) is 6.83. The fraction of sp³-hybridized carbons (Fsp3) is 0.778. The summed E-state index contributed by atoms with van der Waals surface area (Å²) >= 11 is 0. The molecular formula is C18H26N4O. The average molecular weight is 314 g/mol. The van der Waals surface area contributed by atoms with E-state index in [1.807, 2.05) is 4.90 Å². The number of hydrogen-bond acceptors (Lipinski definition) is 4. The van der Waals surface area contributed by atoms with Crippen molar-refractivity contribution in [2.45, 2.75) is 65.0 Å². The number of rotatable bonds is 4. The van der Waals surface area contributed by atoms with E-state index in [9.17, 15) is 4.79 Å². The molecule has 0 spiro atoms. The zero-order valence-electron chi connectivity index (χ0n) is 14.1. The maximum Gasteiger partial charge on any atom is 0.272 e. The van der Waals surface area contributed by atoms with Crippen LogP contribution in [-0.4, -0.2) is 34.3 Å². The molecule has 0 saturated heterocycles. The number of hydrazone groups is 1. The van der Waals surface area contributed by atoms with Crippen molar-refractivity contribution in [3.63, 3.8) is 0 Å². The highest BCUT2D eigenvalue weighted by molar-refractivity contribution is 5.99. The number of amidine groups is 1. The van der Waals surface area contributed by atoms with Gasteiger partial charge in [0, 0.05) is 23.4 Å². The number of allylic oxidation sites excluding steroid dienone is 2. The second-order valence-corrected chi connectivity index (χ2v) is 8.18. The summed E-state index contributed by atoms with van der Waals surface area (Å²) in [6.45, 7) is 5.15. The first-order valence-electron chi connectivity index (χ1n) is 9.23. The van der Waals surface area contributed by atoms with Crippen LogP contribution in [0.5, 0.6) is 0 Å². The Morgan fingerprint density at radius 2 is 1.91 bits per heavy atom. The van der Waals surface area contributed by atoms with Crippen molar-refractivity contribution in [3.8, 4) is 0 Å². The van der Waals surface area contributed by atoms with Gasteiger partial charge in [0.25, 0.3) is 5.91 Å². The van der Waals surface area contributed by atoms with Crippen LogP contribution in [0.4, 0.5) is 0 Å². The molecule has 1 unspecified atom stereocenters. The van der Waals surface area contributed by atoms with Crippen LogP contribution in [0.25, 0.3) is 0 Å². The molecule has 1 N–H and O–H groups in total. The maximum absolute atomic E-state index is 13.0. The minimum Gasteiger partial charge on any atom is -0.311 e. The van der Waals surface area contributed by atoms with Crippen molar-refractivity contribution in [1.82, 2.24) is 15.2 Å². The third-order valence-corrected chi connectivity index (χ3v) is 6.83. The molecule has 23 heavy (non-hydrogen) atoms. The first-order chi connectivity index (χ1) is 11.1. The lowest BCUT2D eigenvalue weighted by atomic mass is 9.84. The van der Waals surface area contributed by atoms with Gasteiger partial charge in [0.2, 0.25) is 6.17 Å². The van der Waals surface area contributed by atoms with E-state index in [1.165, 1.54) is 50.6 Å². The fourth-order valence-corrected chi connectivity index (χ4v) is 4.65. The highest BCUT2D eigenvalue weighted by atomic mass is 16.2. The van der Waals surface area contributed by atoms with Gasteiger partial charge in [-0.05, 0) is 64.2 Å². The van der Waals surface area contributed by atoms with Crippen molar-refractivity contribution in [1.29, 1.82) is 0 Å². The smallest absolute Gasteiger partial charge is 0.272 e. The third kappa shape index (κ3) is 1.85. The van der Waals surface area contributed by atoms with Crippen LogP contribution < -0.4 is 5.43 Å². The predicted molar refractivity (Wildman–Crippen MR) is 88.0 cm³/mol. The summed E-state index contributed by atoms with van der Waals surface area (Å²) in [5, 5.41) is 4.67. The first kappa shape index (κ1) is 13.9. The second-order valence-electron chi connectivity index (χ2n) is 8.18. The number of carbonyl (C=O) groups excluding carboxylic acids is 1. The van der Waals surface area contributed by atoms with E-state index in [1.54, 1.807) is 0 Å². The molecule has 2 aliphatic heterocycles. The average Bonchev–Trinajstić information content (AvgIpc) is 3.39. The second kappa shape index (κ2) is 4.52. The van der Waals surface area contributed by atoms with Gasteiger partial charge < -0.3 is 4.90 Å². The van der Waals surface area contributed by atoms with Crippen molar-refractivity contribution in [2.24, 2.45) is 22.4 Å². The molecule has 124 valence electrons. The van der Waals surface area contributed by atoms with Crippen LogP contribution in [0.15, 0.2) is 16.5 Å². The lowest BCUT2D eigenvalue weighted by Gasteiger charge is -2.42. The lowest BCUT2D eigenvalue weighted by molar-refractivity contribution is -0.136. The van der Waals surface area contributed by atoms with E-state index >= 15 is 0 Å². The van der Waals surface area contributed by atoms with Crippen molar-refractivity contribution in [3.05, 3.63) is 11.4 Å². The molecule has 0 radical (unpaired) electrons. The minimum atomic E-state index is -0.301. The van der Waals surface area contributed by atoms with Crippen molar-refractivity contribution in [2.75, 3.05) is 6.54 Å². The summed E-state index contributed by atoms with van der Waals surface area (Å²) in [5.74, 6) is 2.83.